The monoisotopic (exact) mass is 314 g/mol. The molecule has 120 valence electrons. The first-order chi connectivity index (χ1) is 10.3. The van der Waals surface area contributed by atoms with Crippen LogP contribution in [0.15, 0.2) is 29.1 Å². The second kappa shape index (κ2) is 6.27. The number of benzene rings is 1. The second-order valence-corrected chi connectivity index (χ2v) is 4.90. The zero-order valence-electron chi connectivity index (χ0n) is 12.0. The lowest BCUT2D eigenvalue weighted by molar-refractivity contribution is -0.136. The molecule has 5 nitrogen and oxygen atoms in total. The normalized spacial score (nSPS) is 11.8. The molecule has 0 aliphatic heterocycles. The third-order valence-corrected chi connectivity index (χ3v) is 3.19. The minimum absolute atomic E-state index is 0.0730. The van der Waals surface area contributed by atoms with E-state index < -0.39 is 17.3 Å². The number of aromatic nitrogens is 1. The highest BCUT2D eigenvalue weighted by Crippen LogP contribution is 2.34. The molecule has 1 aromatic carbocycles. The Balaban J connectivity index is 2.55. The fourth-order valence-electron chi connectivity index (χ4n) is 2.10. The highest BCUT2D eigenvalue weighted by Gasteiger charge is 2.34. The second-order valence-electron chi connectivity index (χ2n) is 4.90. The minimum Gasteiger partial charge on any atom is -0.399 e. The van der Waals surface area contributed by atoms with Crippen LogP contribution in [0, 0.1) is 0 Å². The first-order valence-electron chi connectivity index (χ1n) is 6.86. The van der Waals surface area contributed by atoms with Crippen molar-refractivity contribution in [3.8, 4) is 0 Å². The van der Waals surface area contributed by atoms with Crippen molar-refractivity contribution < 1.29 is 13.2 Å². The Morgan fingerprint density at radius 1 is 1.27 bits per heavy atom. The number of nitrogen functional groups attached to an aromatic ring is 1. The van der Waals surface area contributed by atoms with Gasteiger partial charge in [-0.1, -0.05) is 19.4 Å². The van der Waals surface area contributed by atoms with Crippen molar-refractivity contribution in [2.24, 2.45) is 0 Å². The molecule has 1 heterocycles. The SMILES string of the molecule is CCCCNNn1c(=O)cc(C(F)(F)F)c2ccc(N)cc21. The van der Waals surface area contributed by atoms with Gasteiger partial charge in [-0.15, -0.1) is 0 Å². The minimum atomic E-state index is -4.61. The van der Waals surface area contributed by atoms with Crippen LogP contribution in [0.2, 0.25) is 0 Å². The Labute approximate surface area is 124 Å². The maximum atomic E-state index is 13.1. The molecule has 0 bridgehead atoms. The van der Waals surface area contributed by atoms with Crippen molar-refractivity contribution in [3.05, 3.63) is 40.2 Å². The predicted molar refractivity (Wildman–Crippen MR) is 79.9 cm³/mol. The molecule has 0 aliphatic carbocycles. The third-order valence-electron chi connectivity index (χ3n) is 3.19. The number of nitrogens with two attached hydrogens (primary N) is 1. The molecule has 1 aromatic heterocycles. The van der Waals surface area contributed by atoms with Crippen LogP contribution in [0.5, 0.6) is 0 Å². The number of nitrogens with zero attached hydrogens (tertiary/aromatic N) is 1. The highest BCUT2D eigenvalue weighted by atomic mass is 19.4. The van der Waals surface area contributed by atoms with Crippen molar-refractivity contribution in [1.29, 1.82) is 0 Å². The van der Waals surface area contributed by atoms with E-state index in [1.807, 2.05) is 6.92 Å². The summed E-state index contributed by atoms with van der Waals surface area (Å²) in [6.07, 6.45) is -2.80. The molecule has 0 saturated carbocycles. The molecule has 0 radical (unpaired) electrons. The van der Waals surface area contributed by atoms with Crippen molar-refractivity contribution in [2.45, 2.75) is 25.9 Å². The van der Waals surface area contributed by atoms with Gasteiger partial charge in [0.15, 0.2) is 0 Å². The number of rotatable bonds is 5. The number of pyridine rings is 1. The van der Waals surface area contributed by atoms with Crippen molar-refractivity contribution >= 4 is 16.6 Å². The van der Waals surface area contributed by atoms with Crippen LogP contribution in [-0.4, -0.2) is 11.2 Å². The van der Waals surface area contributed by atoms with Crippen molar-refractivity contribution in [3.63, 3.8) is 0 Å². The Hall–Kier alpha value is -2.22. The van der Waals surface area contributed by atoms with Gasteiger partial charge >= 0.3 is 6.18 Å². The number of alkyl halides is 3. The molecular formula is C14H17F3N4O. The van der Waals surface area contributed by atoms with E-state index in [2.05, 4.69) is 11.0 Å². The van der Waals surface area contributed by atoms with E-state index in [9.17, 15) is 18.0 Å². The number of unbranched alkanes of at least 4 members (excludes halogenated alkanes) is 1. The van der Waals surface area contributed by atoms with Crippen LogP contribution in [0.4, 0.5) is 18.9 Å². The van der Waals surface area contributed by atoms with Crippen LogP contribution < -0.4 is 22.3 Å². The molecule has 4 N–H and O–H groups in total. The lowest BCUT2D eigenvalue weighted by Crippen LogP contribution is -2.39. The zero-order chi connectivity index (χ0) is 16.3. The average Bonchev–Trinajstić information content (AvgIpc) is 2.43. The van der Waals surface area contributed by atoms with E-state index in [4.69, 9.17) is 5.73 Å². The van der Waals surface area contributed by atoms with Gasteiger partial charge in [0.2, 0.25) is 0 Å². The number of hydrazine groups is 1. The van der Waals surface area contributed by atoms with E-state index >= 15 is 0 Å². The largest absolute Gasteiger partial charge is 0.417 e. The van der Waals surface area contributed by atoms with Gasteiger partial charge in [0.25, 0.3) is 5.56 Å². The van der Waals surface area contributed by atoms with Gasteiger partial charge in [0, 0.05) is 23.7 Å². The summed E-state index contributed by atoms with van der Waals surface area (Å²) >= 11 is 0. The van der Waals surface area contributed by atoms with Gasteiger partial charge in [-0.2, -0.15) is 13.2 Å². The first-order valence-corrected chi connectivity index (χ1v) is 6.86. The van der Waals surface area contributed by atoms with Gasteiger partial charge in [-0.25, -0.2) is 10.1 Å². The molecule has 0 fully saturated rings. The Morgan fingerprint density at radius 3 is 2.64 bits per heavy atom. The summed E-state index contributed by atoms with van der Waals surface area (Å²) in [6.45, 7) is 2.58. The standard InChI is InChI=1S/C14H17F3N4O/c1-2-3-6-19-20-21-12-7-9(18)4-5-10(12)11(8-13(21)22)14(15,16)17/h4-5,7-8,19-20H,2-3,6,18H2,1H3. The molecule has 0 saturated heterocycles. The fourth-order valence-corrected chi connectivity index (χ4v) is 2.10. The van der Waals surface area contributed by atoms with Crippen LogP contribution >= 0.6 is 0 Å². The molecular weight excluding hydrogens is 297 g/mol. The Kier molecular flexibility index (Phi) is 4.60. The maximum Gasteiger partial charge on any atom is 0.417 e. The molecule has 2 aromatic rings. The van der Waals surface area contributed by atoms with Crippen LogP contribution in [0.25, 0.3) is 10.9 Å². The van der Waals surface area contributed by atoms with Crippen LogP contribution in [-0.2, 0) is 6.18 Å². The quantitative estimate of drug-likeness (QED) is 0.450. The molecule has 0 unspecified atom stereocenters. The molecule has 0 aliphatic rings. The number of fused-ring (bicyclic) bond motifs is 1. The Bertz CT molecular complexity index is 724. The van der Waals surface area contributed by atoms with Gasteiger partial charge in [-0.3, -0.25) is 10.3 Å². The van der Waals surface area contributed by atoms with Gasteiger partial charge in [0.1, 0.15) is 0 Å². The number of halogens is 3. The highest BCUT2D eigenvalue weighted by molar-refractivity contribution is 5.86. The predicted octanol–water partition coefficient (Wildman–Crippen LogP) is 2.45. The fraction of sp³-hybridized carbons (Fsp3) is 0.357. The smallest absolute Gasteiger partial charge is 0.399 e. The topological polar surface area (TPSA) is 72.1 Å². The average molecular weight is 314 g/mol. The maximum absolute atomic E-state index is 13.1. The molecule has 0 spiro atoms. The molecule has 0 atom stereocenters. The van der Waals surface area contributed by atoms with Gasteiger partial charge in [-0.05, 0) is 18.6 Å². The summed E-state index contributed by atoms with van der Waals surface area (Å²) in [5, 5.41) is -0.0916. The summed E-state index contributed by atoms with van der Waals surface area (Å²) in [5.41, 5.74) is 9.63. The van der Waals surface area contributed by atoms with Crippen LogP contribution in [0.3, 0.4) is 0 Å². The van der Waals surface area contributed by atoms with E-state index in [1.54, 1.807) is 0 Å². The first kappa shape index (κ1) is 16.2. The molecule has 0 amide bonds. The van der Waals surface area contributed by atoms with E-state index in [1.165, 1.54) is 18.2 Å². The van der Waals surface area contributed by atoms with Crippen molar-refractivity contribution in [1.82, 2.24) is 10.1 Å². The summed E-state index contributed by atoms with van der Waals surface area (Å²) in [4.78, 5) is 12.0. The lowest BCUT2D eigenvalue weighted by Gasteiger charge is -2.17. The molecule has 22 heavy (non-hydrogen) atoms. The Morgan fingerprint density at radius 2 is 2.00 bits per heavy atom. The van der Waals surface area contributed by atoms with Crippen molar-refractivity contribution in [2.75, 3.05) is 17.8 Å². The van der Waals surface area contributed by atoms with Gasteiger partial charge < -0.3 is 5.73 Å². The summed E-state index contributed by atoms with van der Waals surface area (Å²) < 4.78 is 40.2. The summed E-state index contributed by atoms with van der Waals surface area (Å²) in [7, 11) is 0. The van der Waals surface area contributed by atoms with E-state index in [0.717, 1.165) is 17.5 Å². The number of hydrogen-bond acceptors (Lipinski definition) is 4. The number of hydrogen-bond donors (Lipinski definition) is 3. The number of nitrogens with one attached hydrogen (secondary N) is 2. The molecule has 2 rings (SSSR count). The molecule has 8 heteroatoms. The number of anilines is 1. The van der Waals surface area contributed by atoms with Crippen LogP contribution in [0.1, 0.15) is 25.3 Å². The third kappa shape index (κ3) is 3.33. The summed E-state index contributed by atoms with van der Waals surface area (Å²) in [5.74, 6) is 0. The van der Waals surface area contributed by atoms with E-state index in [0.29, 0.717) is 12.6 Å². The zero-order valence-corrected chi connectivity index (χ0v) is 12.0. The summed E-state index contributed by atoms with van der Waals surface area (Å²) in [6, 6.07) is 4.54. The lowest BCUT2D eigenvalue weighted by atomic mass is 10.1. The van der Waals surface area contributed by atoms with Gasteiger partial charge in [0.05, 0.1) is 11.1 Å². The van der Waals surface area contributed by atoms with E-state index in [-0.39, 0.29) is 16.6 Å².